The molecule has 0 N–H and O–H groups in total. The lowest BCUT2D eigenvalue weighted by Gasteiger charge is -2.45. The Morgan fingerprint density at radius 3 is 1.52 bits per heavy atom. The van der Waals surface area contributed by atoms with Crippen molar-refractivity contribution in [3.63, 3.8) is 0 Å². The van der Waals surface area contributed by atoms with Crippen LogP contribution >= 0.6 is 0 Å². The third-order valence-electron chi connectivity index (χ3n) is 2.29. The number of hydrogen-bond donors (Lipinski definition) is 0. The van der Waals surface area contributed by atoms with Gasteiger partial charge in [-0.25, -0.2) is 4.79 Å². The molecule has 0 fully saturated rings. The summed E-state index contributed by atoms with van der Waals surface area (Å²) in [6.45, 7) is 24.0. The fourth-order valence-electron chi connectivity index (χ4n) is 1.94. The van der Waals surface area contributed by atoms with E-state index < -0.39 is 46.9 Å². The molecule has 0 aliphatic carbocycles. The van der Waals surface area contributed by atoms with Crippen LogP contribution in [-0.2, 0) is 26.9 Å². The zero-order valence-corrected chi connectivity index (χ0v) is 22.0. The van der Waals surface area contributed by atoms with E-state index in [9.17, 15) is 4.79 Å². The van der Waals surface area contributed by atoms with E-state index in [0.29, 0.717) is 5.57 Å². The summed E-state index contributed by atoms with van der Waals surface area (Å²) in [5.74, 6) is -1.66. The van der Waals surface area contributed by atoms with E-state index >= 15 is 0 Å². The molecule has 0 atom stereocenters. The third kappa shape index (κ3) is 12.8. The molecule has 6 nitrogen and oxygen atoms in total. The van der Waals surface area contributed by atoms with Gasteiger partial charge in [0, 0.05) is 5.57 Å². The summed E-state index contributed by atoms with van der Waals surface area (Å²) in [7, 11) is -7.47. The zero-order valence-electron chi connectivity index (χ0n) is 17.6. The third-order valence-corrected chi connectivity index (χ3v) is 5.81. The predicted molar refractivity (Wildman–Crippen MR) is 111 cm³/mol. The van der Waals surface area contributed by atoms with Crippen LogP contribution in [0.3, 0.4) is 0 Å². The van der Waals surface area contributed by atoms with Crippen LogP contribution in [-0.4, -0.2) is 53.5 Å². The second kappa shape index (κ2) is 9.22. The highest BCUT2D eigenvalue weighted by atomic mass is 28.4. The quantitative estimate of drug-likeness (QED) is 0.219. The molecule has 0 heterocycles. The summed E-state index contributed by atoms with van der Waals surface area (Å²) >= 11 is 0. The Morgan fingerprint density at radius 1 is 0.880 bits per heavy atom. The molecule has 0 aromatic carbocycles. The molecule has 0 saturated carbocycles. The smallest absolute Gasteiger partial charge is 0.369 e. The molecule has 10 heteroatoms. The number of hydrogen-bond acceptors (Lipinski definition) is 6. The van der Waals surface area contributed by atoms with Crippen molar-refractivity contribution < 1.29 is 26.9 Å². The average molecular weight is 425 g/mol. The molecule has 0 aliphatic heterocycles. The molecule has 148 valence electrons. The Labute approximate surface area is 158 Å². The highest BCUT2D eigenvalue weighted by Crippen LogP contribution is 2.29. The van der Waals surface area contributed by atoms with E-state index in [2.05, 4.69) is 65.5 Å². The molecule has 25 heavy (non-hydrogen) atoms. The van der Waals surface area contributed by atoms with Crippen molar-refractivity contribution in [2.75, 3.05) is 6.61 Å². The SMILES string of the molecule is C=C(C)C(=O)O[SiH2]OCC(O[Si](C)(C)C)(O[Si](C)(C)C)O[Si](C)(C)C. The van der Waals surface area contributed by atoms with Crippen molar-refractivity contribution in [1.82, 2.24) is 0 Å². The van der Waals surface area contributed by atoms with Gasteiger partial charge in [0.15, 0.2) is 25.0 Å². The van der Waals surface area contributed by atoms with Crippen molar-refractivity contribution in [1.29, 1.82) is 0 Å². The van der Waals surface area contributed by atoms with Crippen LogP contribution in [0.25, 0.3) is 0 Å². The highest BCUT2D eigenvalue weighted by molar-refractivity contribution is 6.72. The minimum atomic E-state index is -1.98. The molecule has 0 aromatic heterocycles. The van der Waals surface area contributed by atoms with Crippen LogP contribution in [0.1, 0.15) is 6.92 Å². The number of carbonyl (C=O) groups is 1. The Kier molecular flexibility index (Phi) is 9.19. The average Bonchev–Trinajstić information content (AvgIpc) is 2.27. The molecule has 0 unspecified atom stereocenters. The van der Waals surface area contributed by atoms with Crippen LogP contribution < -0.4 is 0 Å². The summed E-state index contributed by atoms with van der Waals surface area (Å²) in [5.41, 5.74) is 0.359. The minimum absolute atomic E-state index is 0.0987. The van der Waals surface area contributed by atoms with E-state index in [1.54, 1.807) is 6.92 Å². The van der Waals surface area contributed by atoms with Gasteiger partial charge >= 0.3 is 16.0 Å². The molecule has 0 aliphatic rings. The topological polar surface area (TPSA) is 63.2 Å². The second-order valence-corrected chi connectivity index (χ2v) is 23.2. The molecule has 0 spiro atoms. The van der Waals surface area contributed by atoms with Crippen LogP contribution in [0.2, 0.25) is 58.9 Å². The van der Waals surface area contributed by atoms with Gasteiger partial charge < -0.3 is 22.1 Å². The van der Waals surface area contributed by atoms with Gasteiger partial charge in [-0.15, -0.1) is 0 Å². The number of carbonyl (C=O) groups excluding carboxylic acids is 1. The molecular weight excluding hydrogens is 389 g/mol. The summed E-state index contributed by atoms with van der Waals surface area (Å²) in [4.78, 5) is 11.5. The first-order valence-corrected chi connectivity index (χ1v) is 19.8. The van der Waals surface area contributed by atoms with Crippen molar-refractivity contribution in [2.45, 2.75) is 71.8 Å². The maximum absolute atomic E-state index is 11.5. The maximum Gasteiger partial charge on any atom is 0.369 e. The zero-order chi connectivity index (χ0) is 20.1. The van der Waals surface area contributed by atoms with Crippen LogP contribution in [0, 0.1) is 0 Å². The number of rotatable bonds is 11. The van der Waals surface area contributed by atoms with Crippen molar-refractivity contribution in [3.8, 4) is 0 Å². The molecule has 0 aromatic rings. The normalized spacial score (nSPS) is 14.2. The predicted octanol–water partition coefficient (Wildman–Crippen LogP) is 3.33. The first-order chi connectivity index (χ1) is 10.9. The highest BCUT2D eigenvalue weighted by Gasteiger charge is 2.45. The van der Waals surface area contributed by atoms with Crippen molar-refractivity contribution in [3.05, 3.63) is 12.2 Å². The lowest BCUT2D eigenvalue weighted by Crippen LogP contribution is -2.58. The Balaban J connectivity index is 5.30. The van der Waals surface area contributed by atoms with Gasteiger partial charge in [0.05, 0.1) is 0 Å². The van der Waals surface area contributed by atoms with Gasteiger partial charge in [0.25, 0.3) is 5.97 Å². The Morgan fingerprint density at radius 2 is 1.24 bits per heavy atom. The van der Waals surface area contributed by atoms with Gasteiger partial charge in [0.1, 0.15) is 6.61 Å². The van der Waals surface area contributed by atoms with Crippen LogP contribution in [0.4, 0.5) is 0 Å². The maximum atomic E-state index is 11.5. The fraction of sp³-hybridized carbons (Fsp3) is 0.800. The van der Waals surface area contributed by atoms with Gasteiger partial charge in [-0.3, -0.25) is 0 Å². The van der Waals surface area contributed by atoms with Crippen LogP contribution in [0.15, 0.2) is 12.2 Å². The Hall–Kier alpha value is -0.0825. The van der Waals surface area contributed by atoms with Gasteiger partial charge in [-0.1, -0.05) is 6.58 Å². The standard InChI is InChI=1S/C15H36O6Si4/c1-13(2)14(16)18-22-17-12-15(19-23(3,4)5,20-24(6,7)8)21-25(9,10)11/h1,12,22H2,2-11H3. The molecule has 0 bridgehead atoms. The van der Waals surface area contributed by atoms with Gasteiger partial charge in [-0.05, 0) is 65.8 Å². The van der Waals surface area contributed by atoms with E-state index in [1.165, 1.54) is 0 Å². The van der Waals surface area contributed by atoms with E-state index in [4.69, 9.17) is 22.1 Å². The summed E-state index contributed by atoms with van der Waals surface area (Å²) in [6.07, 6.45) is 0. The summed E-state index contributed by atoms with van der Waals surface area (Å²) in [5, 5.41) is 0. The monoisotopic (exact) mass is 424 g/mol. The van der Waals surface area contributed by atoms with Crippen molar-refractivity contribution >= 4 is 40.9 Å². The Bertz CT molecular complexity index is 421. The molecule has 0 saturated heterocycles. The molecule has 0 amide bonds. The van der Waals surface area contributed by atoms with E-state index in [1.807, 2.05) is 0 Å². The van der Waals surface area contributed by atoms with Crippen molar-refractivity contribution in [2.24, 2.45) is 0 Å². The summed E-state index contributed by atoms with van der Waals surface area (Å²) < 4.78 is 29.8. The second-order valence-electron chi connectivity index (χ2n) is 9.00. The van der Waals surface area contributed by atoms with Gasteiger partial charge in [-0.2, -0.15) is 0 Å². The first-order valence-electron chi connectivity index (χ1n) is 8.46. The van der Waals surface area contributed by atoms with E-state index in [-0.39, 0.29) is 6.61 Å². The first kappa shape index (κ1) is 24.9. The molecule has 0 radical (unpaired) electrons. The minimum Gasteiger partial charge on any atom is -0.496 e. The fourth-order valence-corrected chi connectivity index (χ4v) is 6.18. The lowest BCUT2D eigenvalue weighted by molar-refractivity contribution is -0.284. The van der Waals surface area contributed by atoms with E-state index in [0.717, 1.165) is 0 Å². The largest absolute Gasteiger partial charge is 0.496 e. The molecule has 0 rings (SSSR count). The van der Waals surface area contributed by atoms with Gasteiger partial charge in [0.2, 0.25) is 0 Å². The lowest BCUT2D eigenvalue weighted by atomic mass is 10.4. The van der Waals surface area contributed by atoms with Crippen LogP contribution in [0.5, 0.6) is 0 Å². The summed E-state index contributed by atoms with van der Waals surface area (Å²) in [6, 6.07) is 0. The molecular formula is C15H36O6Si4.